The summed E-state index contributed by atoms with van der Waals surface area (Å²) in [6.45, 7) is 7.71. The molecule has 1 aromatic rings. The van der Waals surface area contributed by atoms with Crippen LogP contribution >= 0.6 is 0 Å². The molecular formula is C12H18N2. The third-order valence-electron chi connectivity index (χ3n) is 3.11. The third kappa shape index (κ3) is 1.57. The Hall–Kier alpha value is -1.18. The number of para-hydroxylation sites is 1. The van der Waals surface area contributed by atoms with Gasteiger partial charge in [0.05, 0.1) is 11.4 Å². The summed E-state index contributed by atoms with van der Waals surface area (Å²) in [4.78, 5) is 0. The summed E-state index contributed by atoms with van der Waals surface area (Å²) >= 11 is 0. The van der Waals surface area contributed by atoms with Crippen molar-refractivity contribution in [2.75, 3.05) is 17.2 Å². The Morgan fingerprint density at radius 3 is 2.86 bits per heavy atom. The molecule has 0 radical (unpaired) electrons. The SMILES string of the molecule is Cc1cccc2c1NC(C)C(C)CN2. The van der Waals surface area contributed by atoms with Gasteiger partial charge in [0.15, 0.2) is 0 Å². The Morgan fingerprint density at radius 2 is 2.07 bits per heavy atom. The van der Waals surface area contributed by atoms with Crippen molar-refractivity contribution in [2.45, 2.75) is 26.8 Å². The molecule has 0 bridgehead atoms. The van der Waals surface area contributed by atoms with Crippen molar-refractivity contribution in [3.05, 3.63) is 23.8 Å². The maximum atomic E-state index is 3.58. The first-order valence-electron chi connectivity index (χ1n) is 5.28. The Balaban J connectivity index is 2.38. The molecule has 0 saturated carbocycles. The molecule has 0 amide bonds. The monoisotopic (exact) mass is 190 g/mol. The molecule has 1 aliphatic heterocycles. The van der Waals surface area contributed by atoms with Gasteiger partial charge < -0.3 is 10.6 Å². The fourth-order valence-corrected chi connectivity index (χ4v) is 1.82. The zero-order valence-electron chi connectivity index (χ0n) is 9.09. The van der Waals surface area contributed by atoms with Gasteiger partial charge in [-0.2, -0.15) is 0 Å². The molecule has 0 saturated heterocycles. The van der Waals surface area contributed by atoms with E-state index in [4.69, 9.17) is 0 Å². The molecule has 2 rings (SSSR count). The van der Waals surface area contributed by atoms with E-state index in [2.05, 4.69) is 49.6 Å². The normalized spacial score (nSPS) is 25.6. The van der Waals surface area contributed by atoms with Gasteiger partial charge >= 0.3 is 0 Å². The highest BCUT2D eigenvalue weighted by molar-refractivity contribution is 5.73. The van der Waals surface area contributed by atoms with E-state index < -0.39 is 0 Å². The van der Waals surface area contributed by atoms with Gasteiger partial charge in [-0.1, -0.05) is 19.1 Å². The smallest absolute Gasteiger partial charge is 0.0607 e. The average Bonchev–Trinajstić information content (AvgIpc) is 2.30. The van der Waals surface area contributed by atoms with Crippen molar-refractivity contribution in [2.24, 2.45) is 5.92 Å². The highest BCUT2D eigenvalue weighted by atomic mass is 15.0. The standard InChI is InChI=1S/C12H18N2/c1-8-5-4-6-11-12(8)14-10(3)9(2)7-13-11/h4-6,9-10,13-14H,7H2,1-3H3. The van der Waals surface area contributed by atoms with Crippen molar-refractivity contribution >= 4 is 11.4 Å². The second-order valence-electron chi connectivity index (χ2n) is 4.29. The summed E-state index contributed by atoms with van der Waals surface area (Å²) in [5.41, 5.74) is 3.82. The van der Waals surface area contributed by atoms with Crippen LogP contribution < -0.4 is 10.6 Å². The van der Waals surface area contributed by atoms with E-state index in [-0.39, 0.29) is 0 Å². The Morgan fingerprint density at radius 1 is 1.29 bits per heavy atom. The number of rotatable bonds is 0. The number of hydrogen-bond acceptors (Lipinski definition) is 2. The van der Waals surface area contributed by atoms with E-state index in [1.54, 1.807) is 0 Å². The van der Waals surface area contributed by atoms with Gasteiger partial charge in [0, 0.05) is 12.6 Å². The van der Waals surface area contributed by atoms with Crippen molar-refractivity contribution < 1.29 is 0 Å². The van der Waals surface area contributed by atoms with Crippen LogP contribution in [0, 0.1) is 12.8 Å². The van der Waals surface area contributed by atoms with Crippen LogP contribution in [-0.2, 0) is 0 Å². The highest BCUT2D eigenvalue weighted by Gasteiger charge is 2.18. The largest absolute Gasteiger partial charge is 0.383 e. The lowest BCUT2D eigenvalue weighted by Crippen LogP contribution is -2.25. The first-order chi connectivity index (χ1) is 6.68. The molecule has 0 aromatic heterocycles. The van der Waals surface area contributed by atoms with Crippen molar-refractivity contribution in [1.29, 1.82) is 0 Å². The zero-order chi connectivity index (χ0) is 10.1. The molecule has 0 fully saturated rings. The summed E-state index contributed by atoms with van der Waals surface area (Å²) in [5.74, 6) is 0.654. The maximum Gasteiger partial charge on any atom is 0.0607 e. The molecular weight excluding hydrogens is 172 g/mol. The lowest BCUT2D eigenvalue weighted by Gasteiger charge is -2.18. The van der Waals surface area contributed by atoms with E-state index in [0.717, 1.165) is 6.54 Å². The minimum Gasteiger partial charge on any atom is -0.383 e. The topological polar surface area (TPSA) is 24.1 Å². The molecule has 1 aromatic carbocycles. The van der Waals surface area contributed by atoms with E-state index in [0.29, 0.717) is 12.0 Å². The summed E-state index contributed by atoms with van der Waals surface area (Å²) < 4.78 is 0. The molecule has 2 nitrogen and oxygen atoms in total. The predicted octanol–water partition coefficient (Wildman–Crippen LogP) is 2.86. The summed E-state index contributed by atoms with van der Waals surface area (Å²) in [6.07, 6.45) is 0. The maximum absolute atomic E-state index is 3.58. The molecule has 2 N–H and O–H groups in total. The van der Waals surface area contributed by atoms with Crippen LogP contribution in [0.5, 0.6) is 0 Å². The van der Waals surface area contributed by atoms with Crippen LogP contribution in [0.1, 0.15) is 19.4 Å². The van der Waals surface area contributed by atoms with Gasteiger partial charge in [-0.25, -0.2) is 0 Å². The van der Waals surface area contributed by atoms with Crippen LogP contribution in [0.15, 0.2) is 18.2 Å². The fraction of sp³-hybridized carbons (Fsp3) is 0.500. The molecule has 2 atom stereocenters. The minimum atomic E-state index is 0.532. The molecule has 0 aliphatic carbocycles. The number of hydrogen-bond donors (Lipinski definition) is 2. The summed E-state index contributed by atoms with van der Waals surface area (Å²) in [7, 11) is 0. The second kappa shape index (κ2) is 3.52. The van der Waals surface area contributed by atoms with Crippen LogP contribution in [-0.4, -0.2) is 12.6 Å². The Labute approximate surface area is 85.7 Å². The third-order valence-corrected chi connectivity index (χ3v) is 3.11. The van der Waals surface area contributed by atoms with Gasteiger partial charge in [0.1, 0.15) is 0 Å². The highest BCUT2D eigenvalue weighted by Crippen LogP contribution is 2.30. The van der Waals surface area contributed by atoms with Crippen molar-refractivity contribution in [3.63, 3.8) is 0 Å². The zero-order valence-corrected chi connectivity index (χ0v) is 9.09. The quantitative estimate of drug-likeness (QED) is 0.657. The lowest BCUT2D eigenvalue weighted by atomic mass is 10.0. The molecule has 76 valence electrons. The second-order valence-corrected chi connectivity index (χ2v) is 4.29. The predicted molar refractivity (Wildman–Crippen MR) is 61.9 cm³/mol. The summed E-state index contributed by atoms with van der Waals surface area (Å²) in [5, 5.41) is 7.06. The molecule has 2 unspecified atom stereocenters. The van der Waals surface area contributed by atoms with Crippen molar-refractivity contribution in [1.82, 2.24) is 0 Å². The fourth-order valence-electron chi connectivity index (χ4n) is 1.82. The van der Waals surface area contributed by atoms with E-state index in [1.165, 1.54) is 16.9 Å². The van der Waals surface area contributed by atoms with Gasteiger partial charge in [0.25, 0.3) is 0 Å². The van der Waals surface area contributed by atoms with E-state index >= 15 is 0 Å². The van der Waals surface area contributed by atoms with Gasteiger partial charge in [0.2, 0.25) is 0 Å². The molecule has 14 heavy (non-hydrogen) atoms. The van der Waals surface area contributed by atoms with Crippen LogP contribution in [0.25, 0.3) is 0 Å². The first kappa shape index (κ1) is 9.38. The Bertz CT molecular complexity index is 333. The number of benzene rings is 1. The average molecular weight is 190 g/mol. The number of aryl methyl sites for hydroxylation is 1. The molecule has 1 aliphatic rings. The lowest BCUT2D eigenvalue weighted by molar-refractivity contribution is 0.542. The van der Waals surface area contributed by atoms with Crippen LogP contribution in [0.2, 0.25) is 0 Å². The van der Waals surface area contributed by atoms with Gasteiger partial charge in [-0.3, -0.25) is 0 Å². The first-order valence-corrected chi connectivity index (χ1v) is 5.28. The molecule has 1 heterocycles. The Kier molecular flexibility index (Phi) is 2.36. The number of anilines is 2. The van der Waals surface area contributed by atoms with E-state index in [9.17, 15) is 0 Å². The summed E-state index contributed by atoms with van der Waals surface area (Å²) in [6, 6.07) is 6.92. The molecule has 2 heteroatoms. The van der Waals surface area contributed by atoms with Crippen LogP contribution in [0.4, 0.5) is 11.4 Å². The number of fused-ring (bicyclic) bond motifs is 1. The van der Waals surface area contributed by atoms with E-state index in [1.807, 2.05) is 0 Å². The van der Waals surface area contributed by atoms with Gasteiger partial charge in [-0.15, -0.1) is 0 Å². The number of nitrogens with one attached hydrogen (secondary N) is 2. The molecule has 0 spiro atoms. The van der Waals surface area contributed by atoms with Gasteiger partial charge in [-0.05, 0) is 31.4 Å². The minimum absolute atomic E-state index is 0.532. The van der Waals surface area contributed by atoms with Crippen molar-refractivity contribution in [3.8, 4) is 0 Å². The van der Waals surface area contributed by atoms with Crippen LogP contribution in [0.3, 0.4) is 0 Å².